The Kier molecular flexibility index (Phi) is 7.42. The van der Waals surface area contributed by atoms with Gasteiger partial charge < -0.3 is 19.8 Å². The van der Waals surface area contributed by atoms with Crippen molar-refractivity contribution in [1.82, 2.24) is 4.98 Å². The fourth-order valence-corrected chi connectivity index (χ4v) is 11.2. The number of aromatic nitrogens is 1. The first kappa shape index (κ1) is 30.2. The molecule has 1 aromatic heterocycles. The van der Waals surface area contributed by atoms with Crippen LogP contribution in [0.25, 0.3) is 0 Å². The molecule has 3 heterocycles. The third-order valence-electron chi connectivity index (χ3n) is 9.85. The van der Waals surface area contributed by atoms with Gasteiger partial charge in [0.15, 0.2) is 6.61 Å². The number of imide groups is 1. The highest BCUT2D eigenvalue weighted by atomic mass is 35.5. The maximum absolute atomic E-state index is 14.1. The lowest BCUT2D eigenvalue weighted by Gasteiger charge is -2.43. The van der Waals surface area contributed by atoms with Crippen LogP contribution in [0.3, 0.4) is 0 Å². The lowest BCUT2D eigenvalue weighted by atomic mass is 9.68. The minimum atomic E-state index is -0.485. The van der Waals surface area contributed by atoms with Gasteiger partial charge in [-0.1, -0.05) is 22.9 Å². The summed E-state index contributed by atoms with van der Waals surface area (Å²) in [6.45, 7) is -0.321. The minimum Gasteiger partial charge on any atom is -0.497 e. The summed E-state index contributed by atoms with van der Waals surface area (Å²) in [5.74, 6) is -1.73. The topological polar surface area (TPSA) is 118 Å². The molecule has 240 valence electrons. The first-order valence-corrected chi connectivity index (χ1v) is 17.2. The average Bonchev–Trinajstić information content (AvgIpc) is 3.80. The zero-order valence-corrected chi connectivity index (χ0v) is 27.2. The number of methoxy groups -OCH3 is 1. The number of anilines is 2. The number of halogens is 2. The number of benzene rings is 3. The Morgan fingerprint density at radius 2 is 1.74 bits per heavy atom. The van der Waals surface area contributed by atoms with Crippen molar-refractivity contribution < 1.29 is 28.2 Å². The van der Waals surface area contributed by atoms with Gasteiger partial charge in [0, 0.05) is 32.3 Å². The number of aromatic amines is 1. The molecule has 3 fully saturated rings. The molecule has 7 atom stereocenters. The molecular formula is C34H27ClFN3O6S2. The Hall–Kier alpha value is -4.13. The van der Waals surface area contributed by atoms with Crippen LogP contribution in [-0.2, 0) is 14.4 Å². The van der Waals surface area contributed by atoms with E-state index in [1.54, 1.807) is 61.3 Å². The summed E-state index contributed by atoms with van der Waals surface area (Å²) in [6, 6.07) is 17.5. The molecule has 2 N–H and O–H groups in total. The number of hydrogen-bond donors (Lipinski definition) is 2. The normalized spacial score (nSPS) is 27.0. The summed E-state index contributed by atoms with van der Waals surface area (Å²) in [5, 5.41) is 3.87. The number of hydrogen-bond acceptors (Lipinski definition) is 8. The molecule has 3 aromatic carbocycles. The average molecular weight is 692 g/mol. The maximum Gasteiger partial charge on any atom is 0.305 e. The van der Waals surface area contributed by atoms with E-state index in [0.29, 0.717) is 33.5 Å². The van der Waals surface area contributed by atoms with Crippen LogP contribution in [0.5, 0.6) is 11.5 Å². The lowest BCUT2D eigenvalue weighted by Crippen LogP contribution is -2.42. The molecule has 0 spiro atoms. The quantitative estimate of drug-likeness (QED) is 0.231. The van der Waals surface area contributed by atoms with Crippen LogP contribution < -0.4 is 24.6 Å². The van der Waals surface area contributed by atoms with Gasteiger partial charge in [0.05, 0.1) is 29.7 Å². The molecule has 1 saturated heterocycles. The number of carbonyl (C=O) groups is 3. The van der Waals surface area contributed by atoms with Crippen LogP contribution in [0.4, 0.5) is 15.8 Å². The minimum absolute atomic E-state index is 0.0369. The van der Waals surface area contributed by atoms with Crippen LogP contribution in [0.2, 0.25) is 5.02 Å². The summed E-state index contributed by atoms with van der Waals surface area (Å²) >= 11 is 9.27. The molecule has 2 aliphatic carbocycles. The van der Waals surface area contributed by atoms with Gasteiger partial charge >= 0.3 is 4.87 Å². The third kappa shape index (κ3) is 4.96. The smallest absolute Gasteiger partial charge is 0.305 e. The molecule has 9 nitrogen and oxygen atoms in total. The van der Waals surface area contributed by atoms with Crippen molar-refractivity contribution in [3.05, 3.63) is 97.7 Å². The molecule has 2 saturated carbocycles. The van der Waals surface area contributed by atoms with Crippen molar-refractivity contribution in [2.24, 2.45) is 29.6 Å². The number of carbonyl (C=O) groups excluding carboxylic acids is 3. The van der Waals surface area contributed by atoms with E-state index in [1.807, 2.05) is 0 Å². The van der Waals surface area contributed by atoms with Crippen LogP contribution in [0.1, 0.15) is 22.8 Å². The Labute approximate surface area is 281 Å². The highest BCUT2D eigenvalue weighted by molar-refractivity contribution is 8.00. The van der Waals surface area contributed by atoms with E-state index in [2.05, 4.69) is 10.3 Å². The molecule has 8 rings (SSSR count). The van der Waals surface area contributed by atoms with Crippen molar-refractivity contribution in [3.63, 3.8) is 0 Å². The number of amides is 3. The molecule has 13 heteroatoms. The van der Waals surface area contributed by atoms with Crippen LogP contribution >= 0.6 is 34.7 Å². The fraction of sp³-hybridized carbons (Fsp3) is 0.294. The molecule has 47 heavy (non-hydrogen) atoms. The standard InChI is InChI=1S/C34H27ClFN3O6S2/c1-44-19-9-7-18(8-10-19)39-32(41)27-21-13-22(28(27)33(39)42)29-26(21)25(30-31(46-29)38-34(43)47-30)20-12-15(35)2-11-23(20)45-14-24(40)37-17-5-3-16(36)4-6-17/h2-12,21-22,25-29H,13-14H2,1H3,(H,37,40)(H,38,43)/t21-,22-,25+,26-,27+,28+,29-/m1/s1. The highest BCUT2D eigenvalue weighted by Gasteiger charge is 2.69. The summed E-state index contributed by atoms with van der Waals surface area (Å²) in [4.78, 5) is 58.5. The van der Waals surface area contributed by atoms with Crippen molar-refractivity contribution in [1.29, 1.82) is 0 Å². The molecule has 0 radical (unpaired) electrons. The van der Waals surface area contributed by atoms with Gasteiger partial charge in [-0.05, 0) is 90.9 Å². The number of nitrogens with one attached hydrogen (secondary N) is 2. The highest BCUT2D eigenvalue weighted by Crippen LogP contribution is 2.69. The second kappa shape index (κ2) is 11.5. The van der Waals surface area contributed by atoms with E-state index >= 15 is 0 Å². The second-order valence-corrected chi connectivity index (χ2v) is 14.8. The van der Waals surface area contributed by atoms with E-state index in [4.69, 9.17) is 21.1 Å². The number of thioether (sulfide) groups is 1. The van der Waals surface area contributed by atoms with Gasteiger partial charge in [0.2, 0.25) is 11.8 Å². The number of thiazole rings is 1. The van der Waals surface area contributed by atoms with Crippen molar-refractivity contribution in [2.45, 2.75) is 22.6 Å². The van der Waals surface area contributed by atoms with Gasteiger partial charge in [0.25, 0.3) is 5.91 Å². The number of fused-ring (bicyclic) bond motifs is 9. The number of rotatable bonds is 7. The molecular weight excluding hydrogens is 665 g/mol. The predicted octanol–water partition coefficient (Wildman–Crippen LogP) is 5.93. The van der Waals surface area contributed by atoms with E-state index in [1.165, 1.54) is 29.2 Å². The molecule has 4 aromatic rings. The molecule has 0 unspecified atom stereocenters. The number of nitrogens with zero attached hydrogens (tertiary/aromatic N) is 1. The first-order chi connectivity index (χ1) is 22.7. The third-order valence-corrected chi connectivity index (χ3v) is 12.7. The Morgan fingerprint density at radius 3 is 2.47 bits per heavy atom. The van der Waals surface area contributed by atoms with Crippen molar-refractivity contribution in [2.75, 3.05) is 23.9 Å². The van der Waals surface area contributed by atoms with Gasteiger partial charge in [-0.2, -0.15) is 0 Å². The summed E-state index contributed by atoms with van der Waals surface area (Å²) < 4.78 is 24.7. The van der Waals surface area contributed by atoms with Crippen molar-refractivity contribution in [3.8, 4) is 11.5 Å². The van der Waals surface area contributed by atoms with E-state index < -0.39 is 23.6 Å². The summed E-state index contributed by atoms with van der Waals surface area (Å²) in [7, 11) is 1.56. The lowest BCUT2D eigenvalue weighted by molar-refractivity contribution is -0.123. The predicted molar refractivity (Wildman–Crippen MR) is 176 cm³/mol. The monoisotopic (exact) mass is 691 g/mol. The largest absolute Gasteiger partial charge is 0.497 e. The fourth-order valence-electron chi connectivity index (χ4n) is 8.12. The van der Waals surface area contributed by atoms with Crippen LogP contribution in [0.15, 0.2) is 76.6 Å². The van der Waals surface area contributed by atoms with Gasteiger partial charge in [0.1, 0.15) is 17.3 Å². The van der Waals surface area contributed by atoms with Gasteiger partial charge in [-0.25, -0.2) is 4.39 Å². The second-order valence-electron chi connectivity index (χ2n) is 12.2. The molecule has 2 aliphatic heterocycles. The number of H-pyrrole nitrogens is 1. The van der Waals surface area contributed by atoms with E-state index in [9.17, 15) is 23.6 Å². The summed E-state index contributed by atoms with van der Waals surface area (Å²) in [6.07, 6.45) is 0.720. The van der Waals surface area contributed by atoms with E-state index in [-0.39, 0.29) is 52.2 Å². The molecule has 2 bridgehead atoms. The van der Waals surface area contributed by atoms with Crippen LogP contribution in [0, 0.1) is 35.4 Å². The van der Waals surface area contributed by atoms with Crippen molar-refractivity contribution >= 4 is 63.8 Å². The van der Waals surface area contributed by atoms with E-state index in [0.717, 1.165) is 27.7 Å². The molecule has 3 amide bonds. The van der Waals surface area contributed by atoms with Gasteiger partial charge in [-0.15, -0.1) is 11.8 Å². The first-order valence-electron chi connectivity index (χ1n) is 15.1. The maximum atomic E-state index is 14.1. The Balaban J connectivity index is 1.13. The van der Waals surface area contributed by atoms with Crippen LogP contribution in [-0.4, -0.2) is 41.7 Å². The number of ether oxygens (including phenoxy) is 2. The SMILES string of the molecule is COc1ccc(N2C(=O)[C@H]3[C@H]4C[C@@H]([C@@H]3C2=O)[C@@H]2[C@H](c3cc(Cl)ccc3OCC(=O)Nc3ccc(F)cc3)c3sc(=O)[nH]c3S[C@H]42)cc1. The Bertz CT molecular complexity index is 1980. The van der Waals surface area contributed by atoms with Gasteiger partial charge in [-0.3, -0.25) is 24.1 Å². The zero-order chi connectivity index (χ0) is 32.6. The summed E-state index contributed by atoms with van der Waals surface area (Å²) in [5.41, 5.74) is 1.67. The molecule has 4 aliphatic rings. The zero-order valence-electron chi connectivity index (χ0n) is 24.8. The Morgan fingerprint density at radius 1 is 1.02 bits per heavy atom.